The Labute approximate surface area is 362 Å². The molecule has 8 nitrogen and oxygen atoms in total. The van der Waals surface area contributed by atoms with Crippen LogP contribution in [0.25, 0.3) is 0 Å². The van der Waals surface area contributed by atoms with Crippen molar-refractivity contribution in [3.8, 4) is 0 Å². The Hall–Kier alpha value is -1.74. The molecule has 3 rings (SSSR count). The van der Waals surface area contributed by atoms with Gasteiger partial charge in [0.1, 0.15) is 0 Å². The molecule has 2 unspecified atom stereocenters. The summed E-state index contributed by atoms with van der Waals surface area (Å²) in [7, 11) is 0. The van der Waals surface area contributed by atoms with Crippen molar-refractivity contribution in [2.24, 2.45) is 0 Å². The quantitative estimate of drug-likeness (QED) is 0.0475. The van der Waals surface area contributed by atoms with E-state index >= 15 is 0 Å². The summed E-state index contributed by atoms with van der Waals surface area (Å²) in [6.45, 7) is 3.45. The first-order valence-corrected chi connectivity index (χ1v) is 25.6. The molecule has 4 atom stereocenters. The molecule has 0 radical (unpaired) electrons. The third-order valence-electron chi connectivity index (χ3n) is 12.6. The van der Waals surface area contributed by atoms with E-state index in [0.717, 1.165) is 84.2 Å². The maximum absolute atomic E-state index is 12.6. The van der Waals surface area contributed by atoms with Gasteiger partial charge in [0.05, 0.1) is 0 Å². The van der Waals surface area contributed by atoms with Gasteiger partial charge in [-0.2, -0.15) is 0 Å². The minimum Gasteiger partial charge on any atom is -0.353 e. The van der Waals surface area contributed by atoms with Crippen LogP contribution in [0.5, 0.6) is 0 Å². The molecular formula is C51H92N2O6. The van der Waals surface area contributed by atoms with Crippen LogP contribution >= 0.6 is 0 Å². The van der Waals surface area contributed by atoms with Gasteiger partial charge in [-0.1, -0.05) is 153 Å². The average Bonchev–Trinajstić information content (AvgIpc) is 3.68. The largest absolute Gasteiger partial charge is 0.353 e. The number of carbonyl (C=O) groups excluding carboxylic acids is 2. The van der Waals surface area contributed by atoms with E-state index in [1.165, 1.54) is 180 Å². The molecule has 1 aliphatic carbocycles. The Kier molecular flexibility index (Phi) is 33.2. The third kappa shape index (κ3) is 30.0. The summed E-state index contributed by atoms with van der Waals surface area (Å²) < 4.78 is 22.9. The lowest BCUT2D eigenvalue weighted by molar-refractivity contribution is -0.163. The number of rotatable bonds is 38. The van der Waals surface area contributed by atoms with Crippen LogP contribution in [0.3, 0.4) is 0 Å². The molecule has 3 aliphatic rings. The van der Waals surface area contributed by atoms with Gasteiger partial charge in [-0.15, -0.1) is 0 Å². The fraction of sp³-hybridized carbons (Fsp3) is 0.882. The van der Waals surface area contributed by atoms with E-state index < -0.39 is 0 Å². The number of hydrogen-bond donors (Lipinski definition) is 2. The number of nitrogens with one attached hydrogen (secondary N) is 2. The first-order valence-electron chi connectivity index (χ1n) is 25.6. The highest BCUT2D eigenvalue weighted by Gasteiger charge is 2.29. The molecule has 1 saturated carbocycles. The molecule has 2 amide bonds. The van der Waals surface area contributed by atoms with Gasteiger partial charge in [0.2, 0.25) is 11.8 Å². The summed E-state index contributed by atoms with van der Waals surface area (Å²) in [5.74, 6) is -0.0572. The number of unbranched alkanes of at least 4 members (excludes halogenated alkanes) is 26. The molecule has 59 heavy (non-hydrogen) atoms. The Morgan fingerprint density at radius 3 is 1.05 bits per heavy atom. The zero-order valence-electron chi connectivity index (χ0n) is 38.1. The van der Waals surface area contributed by atoms with Crippen molar-refractivity contribution in [2.45, 2.75) is 262 Å². The highest BCUT2D eigenvalue weighted by atomic mass is 16.7. The fourth-order valence-corrected chi connectivity index (χ4v) is 8.88. The number of allylic oxidation sites excluding steroid dienone is 2. The summed E-state index contributed by atoms with van der Waals surface area (Å²) in [4.78, 5) is 25.2. The van der Waals surface area contributed by atoms with Crippen LogP contribution in [-0.4, -0.2) is 62.9 Å². The standard InChI is InChI=1S/C51H92N2O6/c54-48(38-27-23-19-15-11-7-3-1-5-9-13-17-21-25-31-42-56-50-40-29-33-44-58-50)52-46-36-35-37-47(46)53-49(55)39-28-24-20-16-12-8-4-2-6-10-14-18-22-26-32-43-57-51-41-30-34-45-59-51/h27-28,38-39,46-47,50-51H,1-26,29-37,40-45H2,(H,52,54)(H,53,55)/b38-27+,39-28+/t46-,47+,50?,51?. The van der Waals surface area contributed by atoms with E-state index in [1.54, 1.807) is 12.2 Å². The van der Waals surface area contributed by atoms with E-state index in [1.807, 2.05) is 12.2 Å². The second-order valence-corrected chi connectivity index (χ2v) is 18.1. The topological polar surface area (TPSA) is 95.1 Å². The molecule has 0 aromatic heterocycles. The average molecular weight is 829 g/mol. The molecule has 342 valence electrons. The second-order valence-electron chi connectivity index (χ2n) is 18.1. The fourth-order valence-electron chi connectivity index (χ4n) is 8.88. The lowest BCUT2D eigenvalue weighted by atomic mass is 10.0. The maximum atomic E-state index is 12.6. The van der Waals surface area contributed by atoms with Crippen molar-refractivity contribution in [2.75, 3.05) is 26.4 Å². The Bertz CT molecular complexity index is 959. The first kappa shape index (κ1) is 51.6. The Balaban J connectivity index is 1.01. The molecule has 3 fully saturated rings. The van der Waals surface area contributed by atoms with Gasteiger partial charge < -0.3 is 29.6 Å². The highest BCUT2D eigenvalue weighted by Crippen LogP contribution is 2.20. The molecule has 0 aromatic rings. The van der Waals surface area contributed by atoms with Gasteiger partial charge in [-0.25, -0.2) is 0 Å². The van der Waals surface area contributed by atoms with E-state index in [0.29, 0.717) is 0 Å². The van der Waals surface area contributed by atoms with Crippen molar-refractivity contribution in [1.82, 2.24) is 10.6 Å². The predicted molar refractivity (Wildman–Crippen MR) is 244 cm³/mol. The van der Waals surface area contributed by atoms with Crippen LogP contribution in [0.1, 0.15) is 238 Å². The lowest BCUT2D eigenvalue weighted by Gasteiger charge is -2.22. The Morgan fingerprint density at radius 2 is 0.729 bits per heavy atom. The Morgan fingerprint density at radius 1 is 0.407 bits per heavy atom. The van der Waals surface area contributed by atoms with Crippen molar-refractivity contribution >= 4 is 11.8 Å². The van der Waals surface area contributed by atoms with Crippen LogP contribution in [0.15, 0.2) is 24.3 Å². The van der Waals surface area contributed by atoms with E-state index in [4.69, 9.17) is 18.9 Å². The zero-order valence-corrected chi connectivity index (χ0v) is 38.1. The van der Waals surface area contributed by atoms with Gasteiger partial charge >= 0.3 is 0 Å². The SMILES string of the molecule is O=C(/C=C/CCCCCCCCCCCCCCCOC1CCCCO1)N[C@H]1CCC[C@H]1NC(=O)/C=C/CCCCCCCCCCCCCCCOC1CCCCO1. The summed E-state index contributed by atoms with van der Waals surface area (Å²) in [6.07, 6.45) is 53.3. The summed E-state index contributed by atoms with van der Waals surface area (Å²) >= 11 is 0. The zero-order chi connectivity index (χ0) is 41.5. The monoisotopic (exact) mass is 829 g/mol. The van der Waals surface area contributed by atoms with Gasteiger partial charge in [0.25, 0.3) is 0 Å². The second kappa shape index (κ2) is 38.0. The predicted octanol–water partition coefficient (Wildman–Crippen LogP) is 13.3. The van der Waals surface area contributed by atoms with Crippen molar-refractivity contribution in [3.63, 3.8) is 0 Å². The minimum absolute atomic E-state index is 0.0217. The number of carbonyl (C=O) groups is 2. The van der Waals surface area contributed by atoms with Crippen molar-refractivity contribution in [1.29, 1.82) is 0 Å². The van der Waals surface area contributed by atoms with Crippen molar-refractivity contribution in [3.05, 3.63) is 24.3 Å². The lowest BCUT2D eigenvalue weighted by Crippen LogP contribution is -2.47. The highest BCUT2D eigenvalue weighted by molar-refractivity contribution is 5.89. The summed E-state index contributed by atoms with van der Waals surface area (Å²) in [5, 5.41) is 6.31. The van der Waals surface area contributed by atoms with Crippen LogP contribution in [0, 0.1) is 0 Å². The van der Waals surface area contributed by atoms with Crippen LogP contribution in [-0.2, 0) is 28.5 Å². The van der Waals surface area contributed by atoms with Crippen molar-refractivity contribution < 1.29 is 28.5 Å². The molecule has 0 spiro atoms. The summed E-state index contributed by atoms with van der Waals surface area (Å²) in [6, 6.07) is 0.0434. The van der Waals surface area contributed by atoms with Crippen LogP contribution in [0.2, 0.25) is 0 Å². The van der Waals surface area contributed by atoms with Gasteiger partial charge in [0.15, 0.2) is 12.6 Å². The van der Waals surface area contributed by atoms with E-state index in [9.17, 15) is 9.59 Å². The van der Waals surface area contributed by atoms with Gasteiger partial charge in [-0.05, 0) is 108 Å². The normalized spacial score (nSPS) is 21.2. The molecule has 0 aromatic carbocycles. The van der Waals surface area contributed by atoms with E-state index in [-0.39, 0.29) is 36.5 Å². The molecule has 2 N–H and O–H groups in total. The van der Waals surface area contributed by atoms with Crippen LogP contribution in [0.4, 0.5) is 0 Å². The van der Waals surface area contributed by atoms with Gasteiger partial charge in [0, 0.05) is 38.5 Å². The molecule has 2 aliphatic heterocycles. The number of amides is 2. The maximum Gasteiger partial charge on any atom is 0.243 e. The molecule has 8 heteroatoms. The van der Waals surface area contributed by atoms with E-state index in [2.05, 4.69) is 10.6 Å². The molecule has 2 saturated heterocycles. The number of ether oxygens (including phenoxy) is 4. The smallest absolute Gasteiger partial charge is 0.243 e. The molecular weight excluding hydrogens is 737 g/mol. The first-order chi connectivity index (χ1) is 29.2. The number of hydrogen-bond acceptors (Lipinski definition) is 6. The molecule has 2 heterocycles. The van der Waals surface area contributed by atoms with Crippen LogP contribution < -0.4 is 10.6 Å². The summed E-state index contributed by atoms with van der Waals surface area (Å²) in [5.41, 5.74) is 0. The van der Waals surface area contributed by atoms with Gasteiger partial charge in [-0.3, -0.25) is 9.59 Å². The third-order valence-corrected chi connectivity index (χ3v) is 12.6. The minimum atomic E-state index is -0.0286. The molecule has 0 bridgehead atoms.